The molecule has 0 atom stereocenters. The Morgan fingerprint density at radius 1 is 1.32 bits per heavy atom. The second kappa shape index (κ2) is 5.88. The molecule has 1 aliphatic heterocycles. The van der Waals surface area contributed by atoms with Crippen LogP contribution in [0.15, 0.2) is 0 Å². The molecule has 1 aliphatic carbocycles. The van der Waals surface area contributed by atoms with Crippen LogP contribution in [0.4, 0.5) is 0 Å². The molecule has 4 N–H and O–H groups in total. The fourth-order valence-electron chi connectivity index (χ4n) is 2.44. The lowest BCUT2D eigenvalue weighted by Gasteiger charge is -2.33. The van der Waals surface area contributed by atoms with Gasteiger partial charge in [-0.25, -0.2) is 0 Å². The summed E-state index contributed by atoms with van der Waals surface area (Å²) in [6.45, 7) is 1.85. The van der Waals surface area contributed by atoms with Crippen LogP contribution in [0.1, 0.15) is 32.1 Å². The summed E-state index contributed by atoms with van der Waals surface area (Å²) in [4.78, 5) is 25.7. The van der Waals surface area contributed by atoms with E-state index in [0.717, 1.165) is 12.8 Å². The van der Waals surface area contributed by atoms with Crippen LogP contribution in [0.5, 0.6) is 0 Å². The Balaban J connectivity index is 1.73. The Hall–Kier alpha value is -1.14. The monoisotopic (exact) mass is 269 g/mol. The quantitative estimate of drug-likeness (QED) is 0.570. The molecule has 1 heterocycles. The highest BCUT2D eigenvalue weighted by Crippen LogP contribution is 2.35. The first-order valence-electron chi connectivity index (χ1n) is 7.04. The first kappa shape index (κ1) is 14.3. The van der Waals surface area contributed by atoms with E-state index < -0.39 is 5.54 Å². The number of rotatable bonds is 5. The van der Waals surface area contributed by atoms with Crippen LogP contribution < -0.4 is 11.1 Å². The average Bonchev–Trinajstić information content (AvgIpc) is 3.17. The van der Waals surface area contributed by atoms with Crippen LogP contribution in [-0.4, -0.2) is 53.6 Å². The van der Waals surface area contributed by atoms with Crippen molar-refractivity contribution in [1.29, 1.82) is 0 Å². The molecule has 0 unspecified atom stereocenters. The van der Waals surface area contributed by atoms with Crippen LogP contribution in [0.2, 0.25) is 0 Å². The molecule has 2 rings (SSSR count). The molecule has 108 valence electrons. The zero-order chi connectivity index (χ0) is 13.9. The number of aliphatic hydroxyl groups is 1. The van der Waals surface area contributed by atoms with Gasteiger partial charge in [0.25, 0.3) is 0 Å². The number of amides is 2. The number of piperidine rings is 1. The minimum atomic E-state index is -0.601. The van der Waals surface area contributed by atoms with Crippen molar-refractivity contribution in [2.75, 3.05) is 26.2 Å². The topological polar surface area (TPSA) is 95.7 Å². The van der Waals surface area contributed by atoms with Gasteiger partial charge in [-0.1, -0.05) is 0 Å². The second-order valence-corrected chi connectivity index (χ2v) is 5.59. The molecule has 0 aromatic rings. The molecule has 19 heavy (non-hydrogen) atoms. The Morgan fingerprint density at radius 3 is 2.47 bits per heavy atom. The van der Waals surface area contributed by atoms with Gasteiger partial charge in [-0.05, 0) is 32.1 Å². The summed E-state index contributed by atoms with van der Waals surface area (Å²) >= 11 is 0. The molecule has 2 fully saturated rings. The van der Waals surface area contributed by atoms with Gasteiger partial charge in [0, 0.05) is 32.2 Å². The van der Waals surface area contributed by atoms with E-state index in [-0.39, 0.29) is 24.3 Å². The average molecular weight is 269 g/mol. The fourth-order valence-corrected chi connectivity index (χ4v) is 2.44. The smallest absolute Gasteiger partial charge is 0.242 e. The molecule has 0 aromatic carbocycles. The van der Waals surface area contributed by atoms with Crippen molar-refractivity contribution in [3.63, 3.8) is 0 Å². The van der Waals surface area contributed by atoms with Gasteiger partial charge in [0.05, 0.1) is 5.54 Å². The van der Waals surface area contributed by atoms with Gasteiger partial charge < -0.3 is 21.1 Å². The van der Waals surface area contributed by atoms with Crippen LogP contribution >= 0.6 is 0 Å². The number of carbonyl (C=O) groups excluding carboxylic acids is 2. The molecule has 6 heteroatoms. The Morgan fingerprint density at radius 2 is 1.95 bits per heavy atom. The summed E-state index contributed by atoms with van der Waals surface area (Å²) in [6, 6.07) is 0. The predicted molar refractivity (Wildman–Crippen MR) is 70.2 cm³/mol. The van der Waals surface area contributed by atoms with E-state index in [1.165, 1.54) is 0 Å². The molecule has 1 saturated carbocycles. The lowest BCUT2D eigenvalue weighted by atomic mass is 9.95. The Bertz CT molecular complexity index is 347. The fraction of sp³-hybridized carbons (Fsp3) is 0.846. The number of nitrogens with two attached hydrogens (primary N) is 1. The molecular formula is C13H23N3O3. The number of aliphatic hydroxyl groups excluding tert-OH is 1. The van der Waals surface area contributed by atoms with Gasteiger partial charge in [0.1, 0.15) is 0 Å². The maximum atomic E-state index is 12.0. The van der Waals surface area contributed by atoms with Crippen molar-refractivity contribution >= 4 is 11.8 Å². The number of hydrogen-bond acceptors (Lipinski definition) is 4. The summed E-state index contributed by atoms with van der Waals surface area (Å²) in [6.07, 6.45) is 3.55. The van der Waals surface area contributed by atoms with Crippen molar-refractivity contribution in [2.45, 2.75) is 37.6 Å². The SMILES string of the molecule is NC1(C(=O)N2CCC(C(=O)NCCCO)CC2)CC1. The zero-order valence-corrected chi connectivity index (χ0v) is 11.2. The summed E-state index contributed by atoms with van der Waals surface area (Å²) in [5, 5.41) is 11.5. The zero-order valence-electron chi connectivity index (χ0n) is 11.2. The van der Waals surface area contributed by atoms with Gasteiger partial charge in [0.2, 0.25) is 11.8 Å². The van der Waals surface area contributed by atoms with Gasteiger partial charge in [0.15, 0.2) is 0 Å². The number of nitrogens with one attached hydrogen (secondary N) is 1. The van der Waals surface area contributed by atoms with Crippen molar-refractivity contribution in [3.05, 3.63) is 0 Å². The minimum absolute atomic E-state index is 0.0179. The predicted octanol–water partition coefficient (Wildman–Crippen LogP) is -0.785. The van der Waals surface area contributed by atoms with E-state index in [9.17, 15) is 9.59 Å². The van der Waals surface area contributed by atoms with Gasteiger partial charge in [-0.15, -0.1) is 0 Å². The third-order valence-electron chi connectivity index (χ3n) is 4.00. The van der Waals surface area contributed by atoms with Crippen LogP contribution in [0, 0.1) is 5.92 Å². The number of carbonyl (C=O) groups is 2. The summed E-state index contributed by atoms with van der Waals surface area (Å²) < 4.78 is 0. The highest BCUT2D eigenvalue weighted by atomic mass is 16.3. The third kappa shape index (κ3) is 3.45. The third-order valence-corrected chi connectivity index (χ3v) is 4.00. The number of hydrogen-bond donors (Lipinski definition) is 3. The molecule has 6 nitrogen and oxygen atoms in total. The Labute approximate surface area is 113 Å². The number of likely N-dealkylation sites (tertiary alicyclic amines) is 1. The Kier molecular flexibility index (Phi) is 4.42. The molecule has 1 saturated heterocycles. The van der Waals surface area contributed by atoms with Crippen molar-refractivity contribution in [1.82, 2.24) is 10.2 Å². The van der Waals surface area contributed by atoms with E-state index in [4.69, 9.17) is 10.8 Å². The number of nitrogens with zero attached hydrogens (tertiary/aromatic N) is 1. The van der Waals surface area contributed by atoms with Gasteiger partial charge in [-0.2, -0.15) is 0 Å². The van der Waals surface area contributed by atoms with Crippen LogP contribution in [0.3, 0.4) is 0 Å². The summed E-state index contributed by atoms with van der Waals surface area (Å²) in [7, 11) is 0. The molecule has 2 amide bonds. The summed E-state index contributed by atoms with van der Waals surface area (Å²) in [5.41, 5.74) is 5.30. The maximum absolute atomic E-state index is 12.0. The van der Waals surface area contributed by atoms with E-state index >= 15 is 0 Å². The summed E-state index contributed by atoms with van der Waals surface area (Å²) in [5.74, 6) is 0.0664. The first-order valence-corrected chi connectivity index (χ1v) is 7.04. The largest absolute Gasteiger partial charge is 0.396 e. The lowest BCUT2D eigenvalue weighted by molar-refractivity contribution is -0.137. The second-order valence-electron chi connectivity index (χ2n) is 5.59. The van der Waals surface area contributed by atoms with E-state index in [1.807, 2.05) is 0 Å². The lowest BCUT2D eigenvalue weighted by Crippen LogP contribution is -2.50. The van der Waals surface area contributed by atoms with Gasteiger partial charge >= 0.3 is 0 Å². The van der Waals surface area contributed by atoms with Crippen molar-refractivity contribution in [3.8, 4) is 0 Å². The standard InChI is InChI=1S/C13H23N3O3/c14-13(4-5-13)12(19)16-7-2-10(3-8-16)11(18)15-6-1-9-17/h10,17H,1-9,14H2,(H,15,18). The maximum Gasteiger partial charge on any atom is 0.242 e. The normalized spacial score (nSPS) is 22.1. The molecule has 0 radical (unpaired) electrons. The van der Waals surface area contributed by atoms with E-state index in [0.29, 0.717) is 38.9 Å². The van der Waals surface area contributed by atoms with Crippen LogP contribution in [-0.2, 0) is 9.59 Å². The highest BCUT2D eigenvalue weighted by Gasteiger charge is 2.48. The first-order chi connectivity index (χ1) is 9.07. The van der Waals surface area contributed by atoms with E-state index in [2.05, 4.69) is 5.32 Å². The van der Waals surface area contributed by atoms with Crippen LogP contribution in [0.25, 0.3) is 0 Å². The van der Waals surface area contributed by atoms with Gasteiger partial charge in [-0.3, -0.25) is 9.59 Å². The van der Waals surface area contributed by atoms with Crippen molar-refractivity contribution < 1.29 is 14.7 Å². The van der Waals surface area contributed by atoms with E-state index in [1.54, 1.807) is 4.90 Å². The molecule has 0 spiro atoms. The molecule has 2 aliphatic rings. The molecular weight excluding hydrogens is 246 g/mol. The molecule has 0 bridgehead atoms. The van der Waals surface area contributed by atoms with Crippen molar-refractivity contribution in [2.24, 2.45) is 11.7 Å². The minimum Gasteiger partial charge on any atom is -0.396 e. The highest BCUT2D eigenvalue weighted by molar-refractivity contribution is 5.89. The molecule has 0 aromatic heterocycles.